The average molecular weight is 395 g/mol. The molecule has 0 saturated heterocycles. The van der Waals surface area contributed by atoms with Crippen molar-refractivity contribution in [3.05, 3.63) is 0 Å². The zero-order valence-electron chi connectivity index (χ0n) is 21.7. The van der Waals surface area contributed by atoms with Crippen LogP contribution in [-0.4, -0.2) is 0 Å². The molecule has 5 atom stereocenters. The fourth-order valence-electron chi connectivity index (χ4n) is 6.11. The van der Waals surface area contributed by atoms with E-state index in [1.807, 2.05) is 13.8 Å². The summed E-state index contributed by atoms with van der Waals surface area (Å²) in [5.41, 5.74) is 0. The first-order valence-electron chi connectivity index (χ1n) is 13.3. The quantitative estimate of drug-likeness (QED) is 0.309. The Morgan fingerprint density at radius 3 is 1.75 bits per heavy atom. The lowest BCUT2D eigenvalue weighted by Crippen LogP contribution is -2.23. The first-order valence-corrected chi connectivity index (χ1v) is 13.3. The highest BCUT2D eigenvalue weighted by Crippen LogP contribution is 2.38. The molecule has 0 aliphatic heterocycles. The molecule has 0 N–H and O–H groups in total. The molecule has 0 radical (unpaired) electrons. The Hall–Kier alpha value is 0. The third-order valence-corrected chi connectivity index (χ3v) is 8.01. The van der Waals surface area contributed by atoms with E-state index in [0.29, 0.717) is 0 Å². The molecule has 0 aromatic carbocycles. The monoisotopic (exact) mass is 394 g/mol. The number of hydrogen-bond acceptors (Lipinski definition) is 0. The molecule has 0 heterocycles. The molecule has 0 amide bonds. The fourth-order valence-corrected chi connectivity index (χ4v) is 6.11. The van der Waals surface area contributed by atoms with Gasteiger partial charge < -0.3 is 0 Å². The van der Waals surface area contributed by atoms with Gasteiger partial charge in [-0.3, -0.25) is 0 Å². The van der Waals surface area contributed by atoms with E-state index >= 15 is 0 Å². The number of rotatable bonds is 12. The van der Waals surface area contributed by atoms with E-state index in [1.54, 1.807) is 0 Å². The van der Waals surface area contributed by atoms with Crippen molar-refractivity contribution in [1.82, 2.24) is 0 Å². The third-order valence-electron chi connectivity index (χ3n) is 8.01. The largest absolute Gasteiger partial charge is 0.0683 e. The Morgan fingerprint density at radius 1 is 0.750 bits per heavy atom. The molecule has 0 nitrogen and oxygen atoms in total. The van der Waals surface area contributed by atoms with Crippen LogP contribution in [0.25, 0.3) is 0 Å². The zero-order chi connectivity index (χ0) is 21.7. The predicted octanol–water partition coefficient (Wildman–Crippen LogP) is 10.0. The lowest BCUT2D eigenvalue weighted by atomic mass is 9.72. The second-order valence-corrected chi connectivity index (χ2v) is 10.7. The second-order valence-electron chi connectivity index (χ2n) is 10.7. The molecular weight excluding hydrogens is 336 g/mol. The van der Waals surface area contributed by atoms with Crippen molar-refractivity contribution in [2.24, 2.45) is 47.3 Å². The summed E-state index contributed by atoms with van der Waals surface area (Å²) in [7, 11) is 0. The minimum Gasteiger partial charge on any atom is -0.0683 e. The van der Waals surface area contributed by atoms with Crippen LogP contribution >= 0.6 is 0 Å². The molecule has 0 heteroatoms. The van der Waals surface area contributed by atoms with Crippen LogP contribution in [0.2, 0.25) is 0 Å². The van der Waals surface area contributed by atoms with Gasteiger partial charge >= 0.3 is 0 Å². The zero-order valence-corrected chi connectivity index (χ0v) is 21.7. The maximum absolute atomic E-state index is 2.54. The topological polar surface area (TPSA) is 0 Å². The molecular formula is C28H58. The van der Waals surface area contributed by atoms with Gasteiger partial charge in [0, 0.05) is 0 Å². The lowest BCUT2D eigenvalue weighted by Gasteiger charge is -2.34. The molecule has 5 unspecified atom stereocenters. The van der Waals surface area contributed by atoms with Gasteiger partial charge in [-0.15, -0.1) is 0 Å². The van der Waals surface area contributed by atoms with E-state index in [-0.39, 0.29) is 0 Å². The molecule has 0 bridgehead atoms. The van der Waals surface area contributed by atoms with E-state index in [9.17, 15) is 0 Å². The summed E-state index contributed by atoms with van der Waals surface area (Å²) in [4.78, 5) is 0. The van der Waals surface area contributed by atoms with Crippen molar-refractivity contribution in [3.8, 4) is 0 Å². The Balaban J connectivity index is 0.00000352. The Morgan fingerprint density at radius 2 is 1.29 bits per heavy atom. The molecule has 1 aliphatic rings. The van der Waals surface area contributed by atoms with Crippen LogP contribution in [0.5, 0.6) is 0 Å². The van der Waals surface area contributed by atoms with E-state index in [0.717, 1.165) is 47.3 Å². The first kappa shape index (κ1) is 28.0. The molecule has 1 saturated carbocycles. The van der Waals surface area contributed by atoms with Crippen LogP contribution < -0.4 is 0 Å². The van der Waals surface area contributed by atoms with Gasteiger partial charge in [0.1, 0.15) is 0 Å². The summed E-state index contributed by atoms with van der Waals surface area (Å²) in [6.07, 6.45) is 14.6. The van der Waals surface area contributed by atoms with Gasteiger partial charge in [0.15, 0.2) is 0 Å². The van der Waals surface area contributed by atoms with Gasteiger partial charge in [0.05, 0.1) is 0 Å². The third kappa shape index (κ3) is 10.2. The van der Waals surface area contributed by atoms with Crippen molar-refractivity contribution in [2.45, 2.75) is 133 Å². The average Bonchev–Trinajstić information content (AvgIpc) is 2.67. The maximum atomic E-state index is 2.54. The Labute approximate surface area is 181 Å². The Bertz CT molecular complexity index is 334. The minimum absolute atomic E-state index is 0.826. The van der Waals surface area contributed by atoms with Gasteiger partial charge in [-0.05, 0) is 73.0 Å². The summed E-state index contributed by atoms with van der Waals surface area (Å²) in [5.74, 6) is 7.36. The predicted molar refractivity (Wildman–Crippen MR) is 131 cm³/mol. The molecule has 28 heavy (non-hydrogen) atoms. The standard InChI is InChI=1S/C26H52.C2H6/c1-9-23(15-16-25-14-12-11-13-22(25)8)24(10-2)17-21(7)18-26(19(3)4)20(5)6;1-2/h19-26H,9-18H2,1-8H3;1-2H3. The number of hydrogen-bond donors (Lipinski definition) is 0. The minimum atomic E-state index is 0.826. The van der Waals surface area contributed by atoms with E-state index in [2.05, 4.69) is 55.4 Å². The SMILES string of the molecule is CC.CCC(CCC1CCCCC1C)C(CC)CC(C)CC(C(C)C)C(C)C. The summed E-state index contributed by atoms with van der Waals surface area (Å²) in [6.45, 7) is 23.7. The molecule has 0 spiro atoms. The molecule has 0 aromatic heterocycles. The molecule has 1 aliphatic carbocycles. The summed E-state index contributed by atoms with van der Waals surface area (Å²) < 4.78 is 0. The van der Waals surface area contributed by atoms with E-state index in [1.165, 1.54) is 64.2 Å². The summed E-state index contributed by atoms with van der Waals surface area (Å²) in [5, 5.41) is 0. The van der Waals surface area contributed by atoms with E-state index in [4.69, 9.17) is 0 Å². The normalized spacial score (nSPS) is 23.5. The van der Waals surface area contributed by atoms with Crippen LogP contribution in [0.4, 0.5) is 0 Å². The van der Waals surface area contributed by atoms with Crippen molar-refractivity contribution >= 4 is 0 Å². The van der Waals surface area contributed by atoms with Crippen LogP contribution in [-0.2, 0) is 0 Å². The van der Waals surface area contributed by atoms with Crippen molar-refractivity contribution < 1.29 is 0 Å². The summed E-state index contributed by atoms with van der Waals surface area (Å²) >= 11 is 0. The van der Waals surface area contributed by atoms with Gasteiger partial charge in [-0.1, -0.05) is 108 Å². The van der Waals surface area contributed by atoms with Crippen molar-refractivity contribution in [3.63, 3.8) is 0 Å². The fraction of sp³-hybridized carbons (Fsp3) is 1.00. The van der Waals surface area contributed by atoms with Gasteiger partial charge in [0.2, 0.25) is 0 Å². The van der Waals surface area contributed by atoms with Gasteiger partial charge in [-0.25, -0.2) is 0 Å². The van der Waals surface area contributed by atoms with Gasteiger partial charge in [0.25, 0.3) is 0 Å². The van der Waals surface area contributed by atoms with Crippen molar-refractivity contribution in [1.29, 1.82) is 0 Å². The van der Waals surface area contributed by atoms with Crippen LogP contribution in [0.3, 0.4) is 0 Å². The Kier molecular flexibility index (Phi) is 15.8. The molecule has 170 valence electrons. The molecule has 1 fully saturated rings. The van der Waals surface area contributed by atoms with Crippen molar-refractivity contribution in [2.75, 3.05) is 0 Å². The smallest absolute Gasteiger partial charge is 0.0365 e. The highest BCUT2D eigenvalue weighted by atomic mass is 14.3. The van der Waals surface area contributed by atoms with Crippen LogP contribution in [0.15, 0.2) is 0 Å². The lowest BCUT2D eigenvalue weighted by molar-refractivity contribution is 0.170. The van der Waals surface area contributed by atoms with Crippen LogP contribution in [0.1, 0.15) is 133 Å². The van der Waals surface area contributed by atoms with Crippen LogP contribution in [0, 0.1) is 47.3 Å². The van der Waals surface area contributed by atoms with E-state index < -0.39 is 0 Å². The van der Waals surface area contributed by atoms with Gasteiger partial charge in [-0.2, -0.15) is 0 Å². The summed E-state index contributed by atoms with van der Waals surface area (Å²) in [6, 6.07) is 0. The molecule has 0 aromatic rings. The second kappa shape index (κ2) is 15.8. The highest BCUT2D eigenvalue weighted by molar-refractivity contribution is 4.78. The highest BCUT2D eigenvalue weighted by Gasteiger charge is 2.27. The first-order chi connectivity index (χ1) is 13.3. The maximum Gasteiger partial charge on any atom is -0.0365 e. The molecule has 1 rings (SSSR count).